The number of piperazine rings is 1. The van der Waals surface area contributed by atoms with Gasteiger partial charge in [0, 0.05) is 50.1 Å². The second-order valence-electron chi connectivity index (χ2n) is 5.88. The van der Waals surface area contributed by atoms with Crippen LogP contribution in [0.1, 0.15) is 20.8 Å². The van der Waals surface area contributed by atoms with Gasteiger partial charge in [-0.1, -0.05) is 6.92 Å². The van der Waals surface area contributed by atoms with Gasteiger partial charge in [-0.15, -0.1) is 0 Å². The summed E-state index contributed by atoms with van der Waals surface area (Å²) in [7, 11) is 0. The van der Waals surface area contributed by atoms with E-state index in [0.717, 1.165) is 13.1 Å². The van der Waals surface area contributed by atoms with Gasteiger partial charge in [0.15, 0.2) is 0 Å². The Labute approximate surface area is 119 Å². The van der Waals surface area contributed by atoms with Crippen molar-refractivity contribution in [2.45, 2.75) is 32.9 Å². The number of carbonyl (C=O) groups is 1. The summed E-state index contributed by atoms with van der Waals surface area (Å²) in [6.07, 6.45) is 5.37. The van der Waals surface area contributed by atoms with E-state index in [1.165, 1.54) is 0 Å². The lowest BCUT2D eigenvalue weighted by Gasteiger charge is -2.42. The first kappa shape index (κ1) is 14.7. The molecule has 0 radical (unpaired) electrons. The molecular formula is C14H22ClN3O. The van der Waals surface area contributed by atoms with Gasteiger partial charge in [-0.05, 0) is 31.5 Å². The van der Waals surface area contributed by atoms with Crippen LogP contribution in [0.4, 0.5) is 0 Å². The highest BCUT2D eigenvalue weighted by Crippen LogP contribution is 2.35. The van der Waals surface area contributed by atoms with Crippen LogP contribution in [0.5, 0.6) is 0 Å². The molecule has 2 heterocycles. The first-order chi connectivity index (χ1) is 8.94. The maximum Gasteiger partial charge on any atom is 0.233 e. The molecule has 1 fully saturated rings. The highest BCUT2D eigenvalue weighted by atomic mass is 35.5. The van der Waals surface area contributed by atoms with Crippen LogP contribution in [0.15, 0.2) is 17.3 Å². The zero-order valence-corrected chi connectivity index (χ0v) is 12.5. The Balaban J connectivity index is 2.15. The number of halogens is 1. The smallest absolute Gasteiger partial charge is 0.233 e. The molecule has 0 bridgehead atoms. The molecule has 1 saturated heterocycles. The standard InChI is InChI=1S/C14H22ClN3O/c1-10-6-16-5-4-14(10,13(15)19)9-18-7-11(2)17-12(3)8-18/h4-6,10-12,17H,7-9H2,1-3H3/t10?,11-,12+,14?. The summed E-state index contributed by atoms with van der Waals surface area (Å²) in [6.45, 7) is 8.87. The van der Waals surface area contributed by atoms with E-state index in [4.69, 9.17) is 11.6 Å². The molecule has 19 heavy (non-hydrogen) atoms. The molecule has 4 nitrogen and oxygen atoms in total. The predicted octanol–water partition coefficient (Wildman–Crippen LogP) is 1.65. The summed E-state index contributed by atoms with van der Waals surface area (Å²) >= 11 is 5.91. The lowest BCUT2D eigenvalue weighted by molar-refractivity contribution is -0.120. The van der Waals surface area contributed by atoms with Crippen molar-refractivity contribution in [2.24, 2.45) is 16.3 Å². The number of nitrogens with zero attached hydrogens (tertiary/aromatic N) is 2. The van der Waals surface area contributed by atoms with E-state index in [-0.39, 0.29) is 11.2 Å². The molecule has 2 rings (SSSR count). The molecule has 0 aromatic heterocycles. The zero-order valence-electron chi connectivity index (χ0n) is 11.8. The fraction of sp³-hybridized carbons (Fsp3) is 0.714. The van der Waals surface area contributed by atoms with Gasteiger partial charge in [0.2, 0.25) is 5.24 Å². The second-order valence-corrected chi connectivity index (χ2v) is 6.22. The lowest BCUT2D eigenvalue weighted by Crippen LogP contribution is -2.57. The number of carbonyl (C=O) groups excluding carboxylic acids is 1. The van der Waals surface area contributed by atoms with Crippen molar-refractivity contribution >= 4 is 23.1 Å². The molecule has 0 spiro atoms. The number of hydrogen-bond acceptors (Lipinski definition) is 4. The van der Waals surface area contributed by atoms with Crippen LogP contribution >= 0.6 is 11.6 Å². The molecule has 2 unspecified atom stereocenters. The van der Waals surface area contributed by atoms with E-state index in [9.17, 15) is 4.79 Å². The van der Waals surface area contributed by atoms with Gasteiger partial charge in [-0.2, -0.15) is 0 Å². The Morgan fingerprint density at radius 2 is 2.05 bits per heavy atom. The van der Waals surface area contributed by atoms with Crippen molar-refractivity contribution in [1.29, 1.82) is 0 Å². The molecule has 1 N–H and O–H groups in total. The third-order valence-corrected chi connectivity index (χ3v) is 4.42. The molecular weight excluding hydrogens is 262 g/mol. The summed E-state index contributed by atoms with van der Waals surface area (Å²) in [5.41, 5.74) is -0.639. The normalized spacial score (nSPS) is 39.5. The fourth-order valence-electron chi connectivity index (χ4n) is 3.08. The SMILES string of the molecule is CC1C=NC=CC1(CN1C[C@@H](C)N[C@@H](C)C1)C(=O)Cl. The maximum absolute atomic E-state index is 12.0. The summed E-state index contributed by atoms with van der Waals surface area (Å²) in [5.74, 6) is 0.0306. The Hall–Kier alpha value is -0.710. The van der Waals surface area contributed by atoms with Gasteiger partial charge >= 0.3 is 0 Å². The zero-order chi connectivity index (χ0) is 14.0. The fourth-order valence-corrected chi connectivity index (χ4v) is 3.38. The van der Waals surface area contributed by atoms with E-state index in [1.54, 1.807) is 6.20 Å². The summed E-state index contributed by atoms with van der Waals surface area (Å²) in [5, 5.41) is 3.20. The molecule has 0 aliphatic carbocycles. The minimum absolute atomic E-state index is 0.0306. The van der Waals surface area contributed by atoms with Crippen LogP contribution in [0.2, 0.25) is 0 Å². The summed E-state index contributed by atoms with van der Waals surface area (Å²) in [6, 6.07) is 0.866. The highest BCUT2D eigenvalue weighted by Gasteiger charge is 2.43. The molecule has 106 valence electrons. The van der Waals surface area contributed by atoms with E-state index in [1.807, 2.05) is 19.2 Å². The van der Waals surface area contributed by atoms with E-state index in [2.05, 4.69) is 29.1 Å². The Morgan fingerprint density at radius 3 is 2.58 bits per heavy atom. The minimum atomic E-state index is -0.639. The molecule has 2 aliphatic heterocycles. The minimum Gasteiger partial charge on any atom is -0.309 e. The van der Waals surface area contributed by atoms with Crippen LogP contribution in [0, 0.1) is 11.3 Å². The third-order valence-electron chi connectivity index (χ3n) is 4.06. The average molecular weight is 284 g/mol. The van der Waals surface area contributed by atoms with Gasteiger partial charge in [-0.25, -0.2) is 0 Å². The first-order valence-corrected chi connectivity index (χ1v) is 7.21. The molecule has 0 aromatic carbocycles. The van der Waals surface area contributed by atoms with E-state index >= 15 is 0 Å². The molecule has 2 aliphatic rings. The molecule has 0 amide bonds. The quantitative estimate of drug-likeness (QED) is 0.801. The van der Waals surface area contributed by atoms with Crippen molar-refractivity contribution in [1.82, 2.24) is 10.2 Å². The van der Waals surface area contributed by atoms with Crippen LogP contribution in [-0.4, -0.2) is 48.1 Å². The largest absolute Gasteiger partial charge is 0.309 e. The monoisotopic (exact) mass is 283 g/mol. The molecule has 0 aromatic rings. The van der Waals surface area contributed by atoms with Crippen LogP contribution < -0.4 is 5.32 Å². The predicted molar refractivity (Wildman–Crippen MR) is 78.6 cm³/mol. The van der Waals surface area contributed by atoms with Crippen molar-refractivity contribution in [3.05, 3.63) is 12.3 Å². The first-order valence-electron chi connectivity index (χ1n) is 6.83. The van der Waals surface area contributed by atoms with Crippen LogP contribution in [0.3, 0.4) is 0 Å². The van der Waals surface area contributed by atoms with Gasteiger partial charge < -0.3 is 5.32 Å². The van der Waals surface area contributed by atoms with Crippen molar-refractivity contribution in [3.8, 4) is 0 Å². The maximum atomic E-state index is 12.0. The van der Waals surface area contributed by atoms with Gasteiger partial charge in [0.25, 0.3) is 0 Å². The van der Waals surface area contributed by atoms with Gasteiger partial charge in [0.1, 0.15) is 0 Å². The number of rotatable bonds is 3. The molecule has 4 atom stereocenters. The Kier molecular flexibility index (Phi) is 4.43. The van der Waals surface area contributed by atoms with E-state index in [0.29, 0.717) is 18.6 Å². The van der Waals surface area contributed by atoms with Crippen LogP contribution in [0.25, 0.3) is 0 Å². The summed E-state index contributed by atoms with van der Waals surface area (Å²) < 4.78 is 0. The van der Waals surface area contributed by atoms with Gasteiger partial charge in [-0.3, -0.25) is 14.7 Å². The Bertz CT molecular complexity index is 399. The molecule has 5 heteroatoms. The van der Waals surface area contributed by atoms with Crippen molar-refractivity contribution in [3.63, 3.8) is 0 Å². The van der Waals surface area contributed by atoms with Crippen molar-refractivity contribution < 1.29 is 4.79 Å². The number of nitrogens with one attached hydrogen (secondary N) is 1. The topological polar surface area (TPSA) is 44.7 Å². The average Bonchev–Trinajstić information content (AvgIpc) is 2.30. The lowest BCUT2D eigenvalue weighted by atomic mass is 9.76. The second kappa shape index (κ2) is 5.73. The van der Waals surface area contributed by atoms with E-state index < -0.39 is 5.41 Å². The van der Waals surface area contributed by atoms with Gasteiger partial charge in [0.05, 0.1) is 5.41 Å². The molecule has 0 saturated carbocycles. The number of hydrogen-bond donors (Lipinski definition) is 1. The Morgan fingerprint density at radius 1 is 1.42 bits per heavy atom. The summed E-state index contributed by atoms with van der Waals surface area (Å²) in [4.78, 5) is 18.4. The highest BCUT2D eigenvalue weighted by molar-refractivity contribution is 6.65. The third kappa shape index (κ3) is 3.07. The number of aliphatic imine (C=N–C) groups is 1. The van der Waals surface area contributed by atoms with Crippen molar-refractivity contribution in [2.75, 3.05) is 19.6 Å². The van der Waals surface area contributed by atoms with Crippen LogP contribution in [-0.2, 0) is 4.79 Å².